The molecule has 11 heteroatoms. The number of aliphatic imine (C=N–C) groups is 1. The number of nitriles is 1. The minimum absolute atomic E-state index is 0.0600. The second-order valence-electron chi connectivity index (χ2n) is 8.37. The molecule has 5 rings (SSSR count). The molecular formula is C27H23N9OS. The molecule has 0 amide bonds. The summed E-state index contributed by atoms with van der Waals surface area (Å²) >= 11 is 1.49. The van der Waals surface area contributed by atoms with Crippen molar-refractivity contribution in [2.24, 2.45) is 10.7 Å². The van der Waals surface area contributed by atoms with Crippen molar-refractivity contribution in [1.82, 2.24) is 25.3 Å². The summed E-state index contributed by atoms with van der Waals surface area (Å²) in [6.45, 7) is 4.31. The summed E-state index contributed by atoms with van der Waals surface area (Å²) in [6.07, 6.45) is 4.90. The second kappa shape index (κ2) is 10.9. The van der Waals surface area contributed by atoms with Crippen molar-refractivity contribution in [3.63, 3.8) is 0 Å². The monoisotopic (exact) mass is 521 g/mol. The average Bonchev–Trinajstić information content (AvgIpc) is 3.40. The summed E-state index contributed by atoms with van der Waals surface area (Å²) in [5.74, 6) is 2.19. The Kier molecular flexibility index (Phi) is 7.06. The largest absolute Gasteiger partial charge is 0.455 e. The minimum Gasteiger partial charge on any atom is -0.455 e. The first-order chi connectivity index (χ1) is 18.5. The number of guanidine groups is 1. The second-order valence-corrected chi connectivity index (χ2v) is 9.32. The van der Waals surface area contributed by atoms with Crippen LogP contribution in [0.5, 0.6) is 11.5 Å². The molecule has 0 bridgehead atoms. The lowest BCUT2D eigenvalue weighted by Gasteiger charge is -2.13. The van der Waals surface area contributed by atoms with Crippen molar-refractivity contribution in [2.75, 3.05) is 5.32 Å². The highest BCUT2D eigenvalue weighted by atomic mass is 32.1. The van der Waals surface area contributed by atoms with E-state index in [4.69, 9.17) is 15.7 Å². The van der Waals surface area contributed by atoms with E-state index in [1.165, 1.54) is 11.3 Å². The number of benzene rings is 2. The maximum atomic E-state index is 8.58. The highest BCUT2D eigenvalue weighted by molar-refractivity contribution is 7.09. The van der Waals surface area contributed by atoms with E-state index in [9.17, 15) is 0 Å². The third kappa shape index (κ3) is 5.66. The summed E-state index contributed by atoms with van der Waals surface area (Å²) in [4.78, 5) is 21.3. The summed E-state index contributed by atoms with van der Waals surface area (Å²) in [5, 5.41) is 18.5. The molecule has 0 atom stereocenters. The number of hydrogen-bond donors (Lipinski definition) is 3. The van der Waals surface area contributed by atoms with Crippen molar-refractivity contribution < 1.29 is 4.74 Å². The Bertz CT molecular complexity index is 1670. The number of ether oxygens (including phenoxy) is 1. The van der Waals surface area contributed by atoms with Crippen LogP contribution in [0.2, 0.25) is 0 Å². The Morgan fingerprint density at radius 1 is 1.11 bits per heavy atom. The van der Waals surface area contributed by atoms with Crippen LogP contribution in [0, 0.1) is 25.3 Å². The summed E-state index contributed by atoms with van der Waals surface area (Å²) < 4.78 is 5.99. The van der Waals surface area contributed by atoms with Crippen LogP contribution in [-0.2, 0) is 6.54 Å². The van der Waals surface area contributed by atoms with Crippen LogP contribution < -0.4 is 21.1 Å². The highest BCUT2D eigenvalue weighted by Crippen LogP contribution is 2.31. The summed E-state index contributed by atoms with van der Waals surface area (Å²) in [7, 11) is 0. The molecule has 2 aromatic carbocycles. The molecule has 0 spiro atoms. The fourth-order valence-corrected chi connectivity index (χ4v) is 4.46. The lowest BCUT2D eigenvalue weighted by molar-refractivity contribution is 0.476. The van der Waals surface area contributed by atoms with Crippen molar-refractivity contribution >= 4 is 39.7 Å². The maximum Gasteiger partial charge on any atom is 0.209 e. The minimum atomic E-state index is 0.0600. The van der Waals surface area contributed by atoms with Crippen LogP contribution in [0.4, 0.5) is 11.5 Å². The molecular weight excluding hydrogens is 498 g/mol. The number of nitrogens with two attached hydrogens (primary N) is 1. The lowest BCUT2D eigenvalue weighted by atomic mass is 10.1. The Morgan fingerprint density at radius 3 is 2.79 bits per heavy atom. The smallest absolute Gasteiger partial charge is 0.209 e. The van der Waals surface area contributed by atoms with Gasteiger partial charge in [0.2, 0.25) is 12.2 Å². The van der Waals surface area contributed by atoms with Gasteiger partial charge in [-0.1, -0.05) is 6.07 Å². The third-order valence-electron chi connectivity index (χ3n) is 5.62. The van der Waals surface area contributed by atoms with Crippen LogP contribution >= 0.6 is 11.3 Å². The van der Waals surface area contributed by atoms with E-state index in [0.717, 1.165) is 49.9 Å². The Labute approximate surface area is 222 Å². The fourth-order valence-electron chi connectivity index (χ4n) is 3.72. The number of anilines is 2. The zero-order chi connectivity index (χ0) is 26.5. The molecule has 0 aliphatic rings. The molecule has 4 N–H and O–H groups in total. The predicted octanol–water partition coefficient (Wildman–Crippen LogP) is 5.19. The van der Waals surface area contributed by atoms with Gasteiger partial charge in [-0.25, -0.2) is 15.0 Å². The van der Waals surface area contributed by atoms with Crippen LogP contribution in [0.3, 0.4) is 0 Å². The highest BCUT2D eigenvalue weighted by Gasteiger charge is 2.11. The molecule has 188 valence electrons. The number of fused-ring (bicyclic) bond motifs is 1. The van der Waals surface area contributed by atoms with Gasteiger partial charge in [-0.15, -0.1) is 16.3 Å². The standard InChI is InChI=1S/C27H23N9OS/c1-16-9-19(5-8-24(16)37-20-6-3-17(2)30-11-20)35-26-21-10-18(4-7-22(21)33-15-34-26)23-13-38-25(36-23)12-31-27(29)32-14-28/h3-11,13,15H,12H2,1-2H3,(H3,29,31,32)(H,33,34,35). The molecule has 10 nitrogen and oxygen atoms in total. The molecule has 0 unspecified atom stereocenters. The zero-order valence-corrected chi connectivity index (χ0v) is 21.5. The lowest BCUT2D eigenvalue weighted by Crippen LogP contribution is -2.30. The van der Waals surface area contributed by atoms with E-state index in [0.29, 0.717) is 18.1 Å². The molecule has 0 aliphatic heterocycles. The van der Waals surface area contributed by atoms with Crippen molar-refractivity contribution in [3.05, 3.63) is 82.7 Å². The van der Waals surface area contributed by atoms with Crippen LogP contribution in [-0.4, -0.2) is 25.9 Å². The number of nitrogens with zero attached hydrogens (tertiary/aromatic N) is 6. The SMILES string of the molecule is Cc1ccc(Oc2ccc(Nc3ncnc4ccc(-c5csc(CN/C(N)=N\C#N)n5)cc34)cc2C)cn1. The van der Waals surface area contributed by atoms with Crippen LogP contribution in [0.15, 0.2) is 71.4 Å². The zero-order valence-electron chi connectivity index (χ0n) is 20.6. The van der Waals surface area contributed by atoms with Gasteiger partial charge in [0.15, 0.2) is 0 Å². The molecule has 0 saturated carbocycles. The molecule has 5 aromatic rings. The first kappa shape index (κ1) is 24.6. The maximum absolute atomic E-state index is 8.58. The topological polar surface area (TPSA) is 147 Å². The van der Waals surface area contributed by atoms with Gasteiger partial charge in [0.25, 0.3) is 0 Å². The van der Waals surface area contributed by atoms with Crippen molar-refractivity contribution in [2.45, 2.75) is 20.4 Å². The van der Waals surface area contributed by atoms with Crippen LogP contribution in [0.1, 0.15) is 16.3 Å². The number of rotatable bonds is 7. The number of nitrogens with one attached hydrogen (secondary N) is 2. The van der Waals surface area contributed by atoms with Crippen molar-refractivity contribution in [1.29, 1.82) is 5.26 Å². The number of aromatic nitrogens is 4. The quantitative estimate of drug-likeness (QED) is 0.150. The fraction of sp³-hybridized carbons (Fsp3) is 0.111. The van der Waals surface area contributed by atoms with Gasteiger partial charge in [0.1, 0.15) is 28.7 Å². The first-order valence-electron chi connectivity index (χ1n) is 11.6. The van der Waals surface area contributed by atoms with E-state index in [-0.39, 0.29) is 5.96 Å². The molecule has 3 heterocycles. The van der Waals surface area contributed by atoms with E-state index in [1.807, 2.05) is 67.8 Å². The number of aryl methyl sites for hydroxylation is 2. The number of pyridine rings is 1. The van der Waals surface area contributed by atoms with E-state index < -0.39 is 0 Å². The van der Waals surface area contributed by atoms with Gasteiger partial charge >= 0.3 is 0 Å². The Balaban J connectivity index is 1.36. The van der Waals surface area contributed by atoms with Crippen molar-refractivity contribution in [3.8, 4) is 28.9 Å². The van der Waals surface area contributed by atoms with E-state index in [1.54, 1.807) is 18.7 Å². The predicted molar refractivity (Wildman–Crippen MR) is 148 cm³/mol. The molecule has 0 saturated heterocycles. The Morgan fingerprint density at radius 2 is 2.00 bits per heavy atom. The first-order valence-corrected chi connectivity index (χ1v) is 12.5. The van der Waals surface area contributed by atoms with Gasteiger partial charge in [0.05, 0.1) is 24.0 Å². The number of hydrogen-bond acceptors (Lipinski definition) is 9. The summed E-state index contributed by atoms with van der Waals surface area (Å²) in [5.41, 5.74) is 11.0. The molecule has 0 fully saturated rings. The van der Waals surface area contributed by atoms with Gasteiger partial charge < -0.3 is 21.1 Å². The normalized spacial score (nSPS) is 11.2. The van der Waals surface area contributed by atoms with Gasteiger partial charge in [-0.3, -0.25) is 4.98 Å². The average molecular weight is 522 g/mol. The van der Waals surface area contributed by atoms with Gasteiger partial charge in [-0.05, 0) is 61.9 Å². The molecule has 0 aliphatic carbocycles. The van der Waals surface area contributed by atoms with E-state index >= 15 is 0 Å². The number of thiazole rings is 1. The molecule has 3 aromatic heterocycles. The van der Waals surface area contributed by atoms with Crippen LogP contribution in [0.25, 0.3) is 22.2 Å². The van der Waals surface area contributed by atoms with Gasteiger partial charge in [0, 0.05) is 27.7 Å². The molecule has 0 radical (unpaired) electrons. The van der Waals surface area contributed by atoms with Gasteiger partial charge in [-0.2, -0.15) is 5.26 Å². The molecule has 38 heavy (non-hydrogen) atoms. The summed E-state index contributed by atoms with van der Waals surface area (Å²) in [6, 6.07) is 15.6. The Hall–Kier alpha value is -5.08. The third-order valence-corrected chi connectivity index (χ3v) is 6.47. The van der Waals surface area contributed by atoms with E-state index in [2.05, 4.69) is 35.6 Å².